The third-order valence-corrected chi connectivity index (χ3v) is 10.4. The summed E-state index contributed by atoms with van der Waals surface area (Å²) in [5, 5.41) is 30.0. The number of aromatic hydroxyl groups is 1. The van der Waals surface area contributed by atoms with Gasteiger partial charge in [-0.3, -0.25) is 52.7 Å². The summed E-state index contributed by atoms with van der Waals surface area (Å²) in [6.45, 7) is 3.97. The first-order valence-electron chi connectivity index (χ1n) is 20.7. The molecule has 1 aliphatic carbocycles. The number of nitrogens with one attached hydrogen (secondary N) is 8. The Labute approximate surface area is 369 Å². The molecule has 1 saturated carbocycles. The van der Waals surface area contributed by atoms with E-state index < -0.39 is 152 Å². The molecule has 0 radical (unpaired) electrons. The Morgan fingerprint density at radius 2 is 1.42 bits per heavy atom. The van der Waals surface area contributed by atoms with E-state index in [0.717, 1.165) is 4.90 Å². The number of benzene rings is 1. The van der Waals surface area contributed by atoms with Gasteiger partial charge in [-0.2, -0.15) is 0 Å². The van der Waals surface area contributed by atoms with E-state index in [2.05, 4.69) is 42.5 Å². The van der Waals surface area contributed by atoms with Crippen molar-refractivity contribution < 1.29 is 57.8 Å². The fraction of sp³-hybridized carbons (Fsp3) is 0.575. The van der Waals surface area contributed by atoms with Crippen LogP contribution in [0.3, 0.4) is 0 Å². The minimum absolute atomic E-state index is 0.0547. The molecule has 2 aliphatic rings. The van der Waals surface area contributed by atoms with Gasteiger partial charge in [-0.05, 0) is 56.7 Å². The van der Waals surface area contributed by atoms with Crippen molar-refractivity contribution in [2.75, 3.05) is 26.2 Å². The first kappa shape index (κ1) is 51.5. The molecular formula is C40H60N12O12. The SMILES string of the molecule is CC[C@H](C)[C@@H]1NC(=O)[C@H](Cc2ccc(O)cc2)NC(=O)CNC[C@@H](C(=O)N(CC(=O)NC(C)(C)C(=O)NCC(N)=O)C2CC2)NC(=O)[C@H](CC(N)=O)NC(=O)[C@H](CCC(N)=O)NC1=O. The van der Waals surface area contributed by atoms with Crippen LogP contribution in [0, 0.1) is 5.92 Å². The number of primary amides is 3. The number of carbonyl (C=O) groups excluding carboxylic acids is 11. The average molecular weight is 901 g/mol. The van der Waals surface area contributed by atoms with Crippen LogP contribution in [0.4, 0.5) is 0 Å². The van der Waals surface area contributed by atoms with Gasteiger partial charge >= 0.3 is 0 Å². The number of nitrogens with zero attached hydrogens (tertiary/aromatic N) is 1. The van der Waals surface area contributed by atoms with E-state index in [9.17, 15) is 57.8 Å². The van der Waals surface area contributed by atoms with Gasteiger partial charge in [0.15, 0.2) is 0 Å². The molecule has 1 aliphatic heterocycles. The Morgan fingerprint density at radius 1 is 0.812 bits per heavy atom. The molecule has 1 aromatic carbocycles. The maximum atomic E-state index is 14.3. The lowest BCUT2D eigenvalue weighted by Crippen LogP contribution is -2.62. The van der Waals surface area contributed by atoms with E-state index in [-0.39, 0.29) is 18.6 Å². The molecule has 2 fully saturated rings. The van der Waals surface area contributed by atoms with E-state index in [4.69, 9.17) is 17.2 Å². The third kappa shape index (κ3) is 16.4. The molecule has 0 bridgehead atoms. The highest BCUT2D eigenvalue weighted by Gasteiger charge is 2.41. The van der Waals surface area contributed by atoms with Crippen molar-refractivity contribution in [2.45, 2.75) is 114 Å². The maximum absolute atomic E-state index is 14.3. The number of nitrogens with two attached hydrogens (primary N) is 3. The zero-order valence-corrected chi connectivity index (χ0v) is 36.2. The van der Waals surface area contributed by atoms with Crippen LogP contribution < -0.4 is 59.7 Å². The molecule has 3 rings (SSSR count). The van der Waals surface area contributed by atoms with Gasteiger partial charge in [0.1, 0.15) is 41.5 Å². The number of rotatable bonds is 17. The second kappa shape index (κ2) is 23.6. The van der Waals surface area contributed by atoms with E-state index >= 15 is 0 Å². The fourth-order valence-electron chi connectivity index (χ4n) is 6.54. The topological polar surface area (TPSA) is 386 Å². The number of carbonyl (C=O) groups is 11. The Hall–Kier alpha value is -6.85. The normalized spacial score (nSPS) is 22.1. The van der Waals surface area contributed by atoms with Crippen LogP contribution in [0.5, 0.6) is 5.75 Å². The van der Waals surface area contributed by atoms with Gasteiger partial charge < -0.3 is 69.7 Å². The quantitative estimate of drug-likeness (QED) is 0.0696. The number of hydrogen-bond donors (Lipinski definition) is 12. The van der Waals surface area contributed by atoms with Crippen LogP contribution in [-0.4, -0.2) is 143 Å². The molecule has 0 spiro atoms. The predicted molar refractivity (Wildman–Crippen MR) is 225 cm³/mol. The number of amides is 11. The lowest BCUT2D eigenvalue weighted by molar-refractivity contribution is -0.142. The van der Waals surface area contributed by atoms with E-state index in [1.54, 1.807) is 13.8 Å². The Morgan fingerprint density at radius 3 is 2.00 bits per heavy atom. The molecule has 0 unspecified atom stereocenters. The predicted octanol–water partition coefficient (Wildman–Crippen LogP) is -5.36. The summed E-state index contributed by atoms with van der Waals surface area (Å²) in [6, 6.07) is -2.23. The molecule has 1 saturated heterocycles. The number of phenolic OH excluding ortho intramolecular Hbond substituents is 1. The minimum Gasteiger partial charge on any atom is -0.508 e. The van der Waals surface area contributed by atoms with Crippen molar-refractivity contribution in [1.82, 2.24) is 47.4 Å². The van der Waals surface area contributed by atoms with Crippen molar-refractivity contribution in [2.24, 2.45) is 23.1 Å². The first-order chi connectivity index (χ1) is 30.0. The van der Waals surface area contributed by atoms with Gasteiger partial charge in [0.25, 0.3) is 0 Å². The Kier molecular flexibility index (Phi) is 19.0. The van der Waals surface area contributed by atoms with Crippen LogP contribution in [0.25, 0.3) is 0 Å². The first-order valence-corrected chi connectivity index (χ1v) is 20.7. The van der Waals surface area contributed by atoms with Gasteiger partial charge in [0, 0.05) is 25.4 Å². The molecule has 15 N–H and O–H groups in total. The standard InChI is InChI=1S/C40H60N12O12/c1-5-20(2)33-37(62)47-24(12-13-28(41)54)34(59)48-26(15-29(42)55)35(60)49-27(16-44-18-31(57)46-25(36(61)50-33)14-21-6-10-23(53)11-7-21)38(63)52(22-8-9-22)19-32(58)51-40(3,4)39(64)45-17-30(43)56/h6-7,10-11,20,22,24-27,33,44,53H,5,8-9,12-19H2,1-4H3,(H2,41,54)(H2,42,55)(H2,43,56)(H,45,64)(H,46,57)(H,47,62)(H,48,59)(H,49,60)(H,50,61)(H,51,58)/t20-,24-,25-,26-,27-,33-/m0/s1. The summed E-state index contributed by atoms with van der Waals surface area (Å²) in [7, 11) is 0. The van der Waals surface area contributed by atoms with Gasteiger partial charge in [0.05, 0.1) is 26.1 Å². The largest absolute Gasteiger partial charge is 0.508 e. The molecule has 24 nitrogen and oxygen atoms in total. The summed E-state index contributed by atoms with van der Waals surface area (Å²) in [5.41, 5.74) is 14.9. The van der Waals surface area contributed by atoms with Crippen molar-refractivity contribution in [3.63, 3.8) is 0 Å². The van der Waals surface area contributed by atoms with Gasteiger partial charge in [-0.15, -0.1) is 0 Å². The highest BCUT2D eigenvalue weighted by molar-refractivity contribution is 5.99. The third-order valence-electron chi connectivity index (χ3n) is 10.4. The number of phenols is 1. The Balaban J connectivity index is 2.04. The van der Waals surface area contributed by atoms with Crippen molar-refractivity contribution in [1.29, 1.82) is 0 Å². The molecular weight excluding hydrogens is 841 g/mol. The van der Waals surface area contributed by atoms with Crippen LogP contribution in [-0.2, 0) is 59.2 Å². The molecule has 1 aromatic rings. The average Bonchev–Trinajstić information content (AvgIpc) is 4.06. The second-order valence-corrected chi connectivity index (χ2v) is 16.4. The van der Waals surface area contributed by atoms with Crippen LogP contribution in [0.2, 0.25) is 0 Å². The summed E-state index contributed by atoms with van der Waals surface area (Å²) >= 11 is 0. The number of hydrogen-bond acceptors (Lipinski definition) is 13. The highest BCUT2D eigenvalue weighted by Crippen LogP contribution is 2.27. The van der Waals surface area contributed by atoms with Crippen LogP contribution in [0.1, 0.15) is 71.8 Å². The van der Waals surface area contributed by atoms with E-state index in [1.807, 2.05) is 0 Å². The smallest absolute Gasteiger partial charge is 0.247 e. The van der Waals surface area contributed by atoms with E-state index in [0.29, 0.717) is 24.8 Å². The highest BCUT2D eigenvalue weighted by atomic mass is 16.3. The van der Waals surface area contributed by atoms with Gasteiger partial charge in [-0.1, -0.05) is 32.4 Å². The maximum Gasteiger partial charge on any atom is 0.247 e. The summed E-state index contributed by atoms with van der Waals surface area (Å²) < 4.78 is 0. The van der Waals surface area contributed by atoms with Crippen LogP contribution >= 0.6 is 0 Å². The monoisotopic (exact) mass is 900 g/mol. The molecule has 352 valence electrons. The molecule has 6 atom stereocenters. The van der Waals surface area contributed by atoms with Gasteiger partial charge in [0.2, 0.25) is 65.0 Å². The summed E-state index contributed by atoms with van der Waals surface area (Å²) in [4.78, 5) is 146. The minimum atomic E-state index is -1.77. The van der Waals surface area contributed by atoms with Crippen molar-refractivity contribution >= 4 is 65.0 Å². The van der Waals surface area contributed by atoms with E-state index in [1.165, 1.54) is 38.1 Å². The lowest BCUT2D eigenvalue weighted by atomic mass is 9.96. The molecule has 64 heavy (non-hydrogen) atoms. The molecule has 11 amide bonds. The second-order valence-electron chi connectivity index (χ2n) is 16.4. The van der Waals surface area contributed by atoms with Crippen molar-refractivity contribution in [3.05, 3.63) is 29.8 Å². The molecule has 1 heterocycles. The van der Waals surface area contributed by atoms with Crippen molar-refractivity contribution in [3.8, 4) is 5.75 Å². The molecule has 24 heteroatoms. The fourth-order valence-corrected chi connectivity index (χ4v) is 6.54. The van der Waals surface area contributed by atoms with Gasteiger partial charge in [-0.25, -0.2) is 0 Å². The van der Waals surface area contributed by atoms with Crippen LogP contribution in [0.15, 0.2) is 24.3 Å². The Bertz CT molecular complexity index is 1940. The zero-order chi connectivity index (χ0) is 47.9. The summed E-state index contributed by atoms with van der Waals surface area (Å²) in [6.07, 6.45) is -0.456. The lowest BCUT2D eigenvalue weighted by Gasteiger charge is -2.31. The zero-order valence-electron chi connectivity index (χ0n) is 36.2. The molecule has 0 aromatic heterocycles. The summed E-state index contributed by atoms with van der Waals surface area (Å²) in [5.74, 6) is -10.3.